The maximum absolute atomic E-state index is 13.0. The Balaban J connectivity index is 1.77. The van der Waals surface area contributed by atoms with Crippen LogP contribution in [-0.2, 0) is 14.3 Å². The largest absolute Gasteiger partial charge is 0.383 e. The molecule has 30 heavy (non-hydrogen) atoms. The van der Waals surface area contributed by atoms with Gasteiger partial charge in [-0.3, -0.25) is 14.5 Å². The lowest BCUT2D eigenvalue weighted by molar-refractivity contribution is -0.128. The minimum atomic E-state index is -0.530. The van der Waals surface area contributed by atoms with Crippen molar-refractivity contribution >= 4 is 51.7 Å². The molecule has 0 aliphatic carbocycles. The SMILES string of the molecule is COCCN1C(=O)C(CC(=O)Nc2ccc(Cl)cc2)SC1=Nc1c(C)cccc1C. The van der Waals surface area contributed by atoms with Crippen LogP contribution in [0.25, 0.3) is 0 Å². The number of rotatable bonds is 7. The number of hydrogen-bond donors (Lipinski definition) is 1. The first-order valence-electron chi connectivity index (χ1n) is 9.56. The first-order valence-corrected chi connectivity index (χ1v) is 10.8. The number of amides is 2. The standard InChI is InChI=1S/C22H24ClN3O3S/c1-14-5-4-6-15(2)20(14)25-22-26(11-12-29-3)21(28)18(30-22)13-19(27)24-17-9-7-16(23)8-10-17/h4-10,18H,11-13H2,1-3H3,(H,24,27). The summed E-state index contributed by atoms with van der Waals surface area (Å²) in [6, 6.07) is 12.8. The van der Waals surface area contributed by atoms with Crippen LogP contribution in [0.2, 0.25) is 5.02 Å². The number of benzene rings is 2. The number of aliphatic imine (C=N–C) groups is 1. The molecule has 1 unspecified atom stereocenters. The molecule has 0 spiro atoms. The molecule has 8 heteroatoms. The molecule has 2 aromatic rings. The smallest absolute Gasteiger partial charge is 0.242 e. The number of anilines is 1. The second-order valence-electron chi connectivity index (χ2n) is 6.98. The molecule has 1 saturated heterocycles. The van der Waals surface area contributed by atoms with Gasteiger partial charge in [0.2, 0.25) is 11.8 Å². The number of para-hydroxylation sites is 1. The van der Waals surface area contributed by atoms with Crippen LogP contribution in [0.15, 0.2) is 47.5 Å². The number of carbonyl (C=O) groups is 2. The van der Waals surface area contributed by atoms with E-state index in [0.717, 1.165) is 16.8 Å². The molecule has 3 rings (SSSR count). The maximum atomic E-state index is 13.0. The lowest BCUT2D eigenvalue weighted by atomic mass is 10.1. The second kappa shape index (κ2) is 10.1. The molecular weight excluding hydrogens is 422 g/mol. The molecular formula is C22H24ClN3O3S. The number of nitrogens with one attached hydrogen (secondary N) is 1. The quantitative estimate of drug-likeness (QED) is 0.678. The van der Waals surface area contributed by atoms with E-state index in [2.05, 4.69) is 5.32 Å². The topological polar surface area (TPSA) is 71.0 Å². The number of halogens is 1. The van der Waals surface area contributed by atoms with Gasteiger partial charge < -0.3 is 10.1 Å². The van der Waals surface area contributed by atoms with Crippen LogP contribution in [0.1, 0.15) is 17.5 Å². The van der Waals surface area contributed by atoms with Crippen LogP contribution in [0.3, 0.4) is 0 Å². The Morgan fingerprint density at radius 3 is 2.50 bits per heavy atom. The summed E-state index contributed by atoms with van der Waals surface area (Å²) < 4.78 is 5.15. The van der Waals surface area contributed by atoms with Gasteiger partial charge in [0.05, 0.1) is 18.8 Å². The summed E-state index contributed by atoms with van der Waals surface area (Å²) in [6.07, 6.45) is 0.0569. The van der Waals surface area contributed by atoms with E-state index in [1.165, 1.54) is 11.8 Å². The normalized spacial score (nSPS) is 17.6. The Morgan fingerprint density at radius 1 is 1.20 bits per heavy atom. The van der Waals surface area contributed by atoms with E-state index in [-0.39, 0.29) is 18.2 Å². The zero-order valence-electron chi connectivity index (χ0n) is 17.1. The van der Waals surface area contributed by atoms with E-state index >= 15 is 0 Å². The number of nitrogens with zero attached hydrogens (tertiary/aromatic N) is 2. The van der Waals surface area contributed by atoms with E-state index < -0.39 is 5.25 Å². The molecule has 158 valence electrons. The molecule has 1 atom stereocenters. The molecule has 1 N–H and O–H groups in total. The Morgan fingerprint density at radius 2 is 1.87 bits per heavy atom. The average molecular weight is 446 g/mol. The average Bonchev–Trinajstić information content (AvgIpc) is 2.99. The van der Waals surface area contributed by atoms with Crippen LogP contribution >= 0.6 is 23.4 Å². The van der Waals surface area contributed by atoms with Gasteiger partial charge in [-0.25, -0.2) is 4.99 Å². The van der Waals surface area contributed by atoms with Gasteiger partial charge in [0.15, 0.2) is 5.17 Å². The van der Waals surface area contributed by atoms with E-state index in [9.17, 15) is 9.59 Å². The minimum absolute atomic E-state index is 0.0569. The highest BCUT2D eigenvalue weighted by molar-refractivity contribution is 8.15. The van der Waals surface area contributed by atoms with Gasteiger partial charge >= 0.3 is 0 Å². The molecule has 0 radical (unpaired) electrons. The Kier molecular flexibility index (Phi) is 7.53. The summed E-state index contributed by atoms with van der Waals surface area (Å²) in [6.45, 7) is 4.76. The Hall–Kier alpha value is -2.35. The van der Waals surface area contributed by atoms with Gasteiger partial charge in [-0.05, 0) is 49.2 Å². The van der Waals surface area contributed by atoms with Crippen LogP contribution in [0.5, 0.6) is 0 Å². The molecule has 0 bridgehead atoms. The van der Waals surface area contributed by atoms with Crippen molar-refractivity contribution in [2.75, 3.05) is 25.6 Å². The monoisotopic (exact) mass is 445 g/mol. The number of thioether (sulfide) groups is 1. The summed E-state index contributed by atoms with van der Waals surface area (Å²) >= 11 is 7.20. The van der Waals surface area contributed by atoms with Crippen molar-refractivity contribution in [2.45, 2.75) is 25.5 Å². The minimum Gasteiger partial charge on any atom is -0.383 e. The van der Waals surface area contributed by atoms with Gasteiger partial charge in [0.25, 0.3) is 0 Å². The predicted molar refractivity (Wildman–Crippen MR) is 123 cm³/mol. The first-order chi connectivity index (χ1) is 14.4. The van der Waals surface area contributed by atoms with E-state index in [1.54, 1.807) is 36.3 Å². The fourth-order valence-corrected chi connectivity index (χ4v) is 4.40. The van der Waals surface area contributed by atoms with Crippen LogP contribution < -0.4 is 5.32 Å². The third-order valence-corrected chi connectivity index (χ3v) is 6.11. The number of amidine groups is 1. The number of ether oxygens (including phenoxy) is 1. The lowest BCUT2D eigenvalue weighted by Crippen LogP contribution is -2.35. The molecule has 1 heterocycles. The highest BCUT2D eigenvalue weighted by Crippen LogP contribution is 2.33. The first kappa shape index (κ1) is 22.3. The van der Waals surface area contributed by atoms with Crippen molar-refractivity contribution in [1.29, 1.82) is 0 Å². The fraction of sp³-hybridized carbons (Fsp3) is 0.318. The van der Waals surface area contributed by atoms with Gasteiger partial charge in [-0.15, -0.1) is 0 Å². The molecule has 0 aromatic heterocycles. The molecule has 0 saturated carbocycles. The van der Waals surface area contributed by atoms with E-state index in [4.69, 9.17) is 21.3 Å². The fourth-order valence-electron chi connectivity index (χ4n) is 3.10. The number of methoxy groups -OCH3 is 1. The summed E-state index contributed by atoms with van der Waals surface area (Å²) in [7, 11) is 1.59. The number of aryl methyl sites for hydroxylation is 2. The Bertz CT molecular complexity index is 942. The maximum Gasteiger partial charge on any atom is 0.242 e. The number of carbonyl (C=O) groups excluding carboxylic acids is 2. The highest BCUT2D eigenvalue weighted by atomic mass is 35.5. The number of hydrogen-bond acceptors (Lipinski definition) is 5. The molecule has 6 nitrogen and oxygen atoms in total. The highest BCUT2D eigenvalue weighted by Gasteiger charge is 2.39. The Labute approximate surface area is 185 Å². The van der Waals surface area contributed by atoms with Crippen molar-refractivity contribution in [2.24, 2.45) is 4.99 Å². The van der Waals surface area contributed by atoms with Crippen molar-refractivity contribution in [3.8, 4) is 0 Å². The van der Waals surface area contributed by atoms with Crippen molar-refractivity contribution in [3.05, 3.63) is 58.6 Å². The van der Waals surface area contributed by atoms with Gasteiger partial charge in [-0.1, -0.05) is 41.6 Å². The molecule has 1 aliphatic rings. The van der Waals surface area contributed by atoms with E-state index in [1.807, 2.05) is 32.0 Å². The third-order valence-electron chi connectivity index (χ3n) is 4.68. The van der Waals surface area contributed by atoms with Crippen LogP contribution in [0, 0.1) is 13.8 Å². The van der Waals surface area contributed by atoms with E-state index in [0.29, 0.717) is 29.0 Å². The van der Waals surface area contributed by atoms with Crippen LogP contribution in [0.4, 0.5) is 11.4 Å². The predicted octanol–water partition coefficient (Wildman–Crippen LogP) is 4.56. The van der Waals surface area contributed by atoms with Gasteiger partial charge in [-0.2, -0.15) is 0 Å². The lowest BCUT2D eigenvalue weighted by Gasteiger charge is -2.16. The molecule has 1 fully saturated rings. The van der Waals surface area contributed by atoms with Crippen LogP contribution in [-0.4, -0.2) is 47.4 Å². The zero-order chi connectivity index (χ0) is 21.7. The third kappa shape index (κ3) is 5.41. The summed E-state index contributed by atoms with van der Waals surface area (Å²) in [4.78, 5) is 31.9. The molecule has 2 amide bonds. The molecule has 2 aromatic carbocycles. The zero-order valence-corrected chi connectivity index (χ0v) is 18.7. The summed E-state index contributed by atoms with van der Waals surface area (Å²) in [5.74, 6) is -0.364. The van der Waals surface area contributed by atoms with Crippen molar-refractivity contribution in [3.63, 3.8) is 0 Å². The van der Waals surface area contributed by atoms with Gasteiger partial charge in [0.1, 0.15) is 5.25 Å². The van der Waals surface area contributed by atoms with Crippen molar-refractivity contribution in [1.82, 2.24) is 4.90 Å². The summed E-state index contributed by atoms with van der Waals surface area (Å²) in [5, 5.41) is 3.47. The summed E-state index contributed by atoms with van der Waals surface area (Å²) in [5.41, 5.74) is 3.55. The second-order valence-corrected chi connectivity index (χ2v) is 8.59. The van der Waals surface area contributed by atoms with Crippen molar-refractivity contribution < 1.29 is 14.3 Å². The molecule has 1 aliphatic heterocycles. The van der Waals surface area contributed by atoms with Gasteiger partial charge in [0, 0.05) is 24.2 Å².